The Labute approximate surface area is 82.3 Å². The first-order chi connectivity index (χ1) is 6.81. The van der Waals surface area contributed by atoms with E-state index >= 15 is 0 Å². The van der Waals surface area contributed by atoms with Gasteiger partial charge in [0.1, 0.15) is 5.82 Å². The standard InChI is InChI=1S/C11H13FN2/c1-2-6-13-14-7-5-9-8-10(12)3-4-11(9)14/h3-5,7-8,13H,2,6H2,1H3. The molecule has 0 radical (unpaired) electrons. The zero-order chi connectivity index (χ0) is 9.97. The number of hydrogen-bond acceptors (Lipinski definition) is 1. The van der Waals surface area contributed by atoms with Crippen LogP contribution in [0.15, 0.2) is 30.5 Å². The Morgan fingerprint density at radius 2 is 2.21 bits per heavy atom. The smallest absolute Gasteiger partial charge is 0.123 e. The summed E-state index contributed by atoms with van der Waals surface area (Å²) in [6.45, 7) is 3.03. The van der Waals surface area contributed by atoms with Gasteiger partial charge in [0, 0.05) is 18.1 Å². The van der Waals surface area contributed by atoms with Gasteiger partial charge >= 0.3 is 0 Å². The molecule has 1 aromatic carbocycles. The molecule has 0 saturated carbocycles. The lowest BCUT2D eigenvalue weighted by Gasteiger charge is -2.07. The maximum atomic E-state index is 12.9. The first-order valence-electron chi connectivity index (χ1n) is 4.82. The van der Waals surface area contributed by atoms with E-state index in [2.05, 4.69) is 12.3 Å². The number of rotatable bonds is 3. The van der Waals surface area contributed by atoms with E-state index in [1.54, 1.807) is 12.1 Å². The highest BCUT2D eigenvalue weighted by Crippen LogP contribution is 2.15. The Morgan fingerprint density at radius 3 is 3.00 bits per heavy atom. The Kier molecular flexibility index (Phi) is 2.39. The van der Waals surface area contributed by atoms with Crippen LogP contribution in [0.4, 0.5) is 4.39 Å². The third-order valence-electron chi connectivity index (χ3n) is 2.18. The van der Waals surface area contributed by atoms with Crippen molar-refractivity contribution in [3.8, 4) is 0 Å². The van der Waals surface area contributed by atoms with Gasteiger partial charge in [-0.3, -0.25) is 4.68 Å². The van der Waals surface area contributed by atoms with Crippen LogP contribution in [0.3, 0.4) is 0 Å². The topological polar surface area (TPSA) is 17.0 Å². The van der Waals surface area contributed by atoms with E-state index in [9.17, 15) is 4.39 Å². The normalized spacial score (nSPS) is 10.7. The fraction of sp³-hybridized carbons (Fsp3) is 0.273. The molecule has 0 fully saturated rings. The molecule has 2 aromatic rings. The lowest BCUT2D eigenvalue weighted by Crippen LogP contribution is -2.13. The average Bonchev–Trinajstić information content (AvgIpc) is 2.57. The van der Waals surface area contributed by atoms with Crippen LogP contribution in [0.1, 0.15) is 13.3 Å². The molecular formula is C11H13FN2. The molecule has 0 atom stereocenters. The molecule has 1 aromatic heterocycles. The molecule has 2 rings (SSSR count). The van der Waals surface area contributed by atoms with Crippen molar-refractivity contribution in [2.75, 3.05) is 12.0 Å². The van der Waals surface area contributed by atoms with Crippen LogP contribution in [0.25, 0.3) is 10.9 Å². The first kappa shape index (κ1) is 9.06. The molecule has 0 unspecified atom stereocenters. The molecule has 1 N–H and O–H groups in total. The second-order valence-corrected chi connectivity index (χ2v) is 3.30. The third-order valence-corrected chi connectivity index (χ3v) is 2.18. The SMILES string of the molecule is CCCNn1ccc2cc(F)ccc21. The Hall–Kier alpha value is -1.51. The lowest BCUT2D eigenvalue weighted by molar-refractivity contribution is 0.629. The lowest BCUT2D eigenvalue weighted by atomic mass is 10.2. The molecule has 0 saturated heterocycles. The molecular weight excluding hydrogens is 179 g/mol. The molecule has 0 aliphatic rings. The number of nitrogens with zero attached hydrogens (tertiary/aromatic N) is 1. The van der Waals surface area contributed by atoms with Crippen molar-refractivity contribution in [1.29, 1.82) is 0 Å². The second kappa shape index (κ2) is 3.70. The van der Waals surface area contributed by atoms with Gasteiger partial charge in [0.25, 0.3) is 0 Å². The van der Waals surface area contributed by atoms with Gasteiger partial charge in [-0.05, 0) is 30.7 Å². The summed E-state index contributed by atoms with van der Waals surface area (Å²) in [5.74, 6) is -0.189. The molecule has 0 spiro atoms. The van der Waals surface area contributed by atoms with E-state index in [1.165, 1.54) is 6.07 Å². The van der Waals surface area contributed by atoms with Crippen LogP contribution in [0, 0.1) is 5.82 Å². The van der Waals surface area contributed by atoms with Crippen LogP contribution in [0.5, 0.6) is 0 Å². The fourth-order valence-electron chi connectivity index (χ4n) is 1.48. The number of halogens is 1. The summed E-state index contributed by atoms with van der Waals surface area (Å²) in [6.07, 6.45) is 2.99. The highest BCUT2D eigenvalue weighted by Gasteiger charge is 2.00. The summed E-state index contributed by atoms with van der Waals surface area (Å²) < 4.78 is 14.8. The van der Waals surface area contributed by atoms with Crippen LogP contribution in [-0.4, -0.2) is 11.2 Å². The fourth-order valence-corrected chi connectivity index (χ4v) is 1.48. The van der Waals surface area contributed by atoms with Crippen molar-refractivity contribution < 1.29 is 4.39 Å². The molecule has 0 aliphatic heterocycles. The number of benzene rings is 1. The molecule has 3 heteroatoms. The molecule has 2 nitrogen and oxygen atoms in total. The van der Waals surface area contributed by atoms with Gasteiger partial charge in [0.05, 0.1) is 5.52 Å². The van der Waals surface area contributed by atoms with Crippen LogP contribution in [-0.2, 0) is 0 Å². The van der Waals surface area contributed by atoms with Crippen molar-refractivity contribution in [1.82, 2.24) is 4.68 Å². The molecule has 0 bridgehead atoms. The Morgan fingerprint density at radius 1 is 1.36 bits per heavy atom. The minimum Gasteiger partial charge on any atom is -0.326 e. The molecule has 14 heavy (non-hydrogen) atoms. The van der Waals surface area contributed by atoms with Gasteiger partial charge in [-0.15, -0.1) is 0 Å². The third kappa shape index (κ3) is 1.58. The Balaban J connectivity index is 2.37. The van der Waals surface area contributed by atoms with Crippen molar-refractivity contribution in [2.24, 2.45) is 0 Å². The molecule has 0 aliphatic carbocycles. The molecule has 74 valence electrons. The largest absolute Gasteiger partial charge is 0.326 e. The Bertz CT molecular complexity index is 434. The summed E-state index contributed by atoms with van der Waals surface area (Å²) in [4.78, 5) is 0. The monoisotopic (exact) mass is 192 g/mol. The summed E-state index contributed by atoms with van der Waals surface area (Å²) in [5.41, 5.74) is 4.24. The quantitative estimate of drug-likeness (QED) is 0.791. The van der Waals surface area contributed by atoms with Crippen molar-refractivity contribution >= 4 is 10.9 Å². The van der Waals surface area contributed by atoms with E-state index in [0.29, 0.717) is 0 Å². The maximum Gasteiger partial charge on any atom is 0.123 e. The van der Waals surface area contributed by atoms with E-state index < -0.39 is 0 Å². The van der Waals surface area contributed by atoms with E-state index in [0.717, 1.165) is 23.9 Å². The van der Waals surface area contributed by atoms with Crippen LogP contribution < -0.4 is 5.43 Å². The second-order valence-electron chi connectivity index (χ2n) is 3.30. The van der Waals surface area contributed by atoms with Crippen LogP contribution in [0.2, 0.25) is 0 Å². The minimum absolute atomic E-state index is 0.189. The highest BCUT2D eigenvalue weighted by molar-refractivity contribution is 5.80. The van der Waals surface area contributed by atoms with E-state index in [1.807, 2.05) is 16.9 Å². The zero-order valence-electron chi connectivity index (χ0n) is 8.13. The van der Waals surface area contributed by atoms with E-state index in [-0.39, 0.29) is 5.82 Å². The predicted octanol–water partition coefficient (Wildman–Crippen LogP) is 2.73. The van der Waals surface area contributed by atoms with Crippen molar-refractivity contribution in [3.05, 3.63) is 36.3 Å². The number of fused-ring (bicyclic) bond motifs is 1. The van der Waals surface area contributed by atoms with Crippen molar-refractivity contribution in [3.63, 3.8) is 0 Å². The summed E-state index contributed by atoms with van der Waals surface area (Å²) >= 11 is 0. The minimum atomic E-state index is -0.189. The molecule has 0 amide bonds. The zero-order valence-corrected chi connectivity index (χ0v) is 8.13. The average molecular weight is 192 g/mol. The van der Waals surface area contributed by atoms with Gasteiger partial charge in [0.15, 0.2) is 0 Å². The van der Waals surface area contributed by atoms with Crippen LogP contribution >= 0.6 is 0 Å². The molecule has 1 heterocycles. The van der Waals surface area contributed by atoms with Gasteiger partial charge in [-0.25, -0.2) is 4.39 Å². The predicted molar refractivity (Wildman–Crippen MR) is 56.4 cm³/mol. The summed E-state index contributed by atoms with van der Waals surface area (Å²) in [7, 11) is 0. The van der Waals surface area contributed by atoms with E-state index in [4.69, 9.17) is 0 Å². The van der Waals surface area contributed by atoms with Gasteiger partial charge in [0.2, 0.25) is 0 Å². The van der Waals surface area contributed by atoms with Gasteiger partial charge in [-0.2, -0.15) is 0 Å². The number of nitrogens with one attached hydrogen (secondary N) is 1. The number of hydrogen-bond donors (Lipinski definition) is 1. The maximum absolute atomic E-state index is 12.9. The summed E-state index contributed by atoms with van der Waals surface area (Å²) in [6, 6.07) is 6.71. The van der Waals surface area contributed by atoms with Crippen molar-refractivity contribution in [2.45, 2.75) is 13.3 Å². The highest BCUT2D eigenvalue weighted by atomic mass is 19.1. The van der Waals surface area contributed by atoms with Gasteiger partial charge < -0.3 is 5.43 Å². The summed E-state index contributed by atoms with van der Waals surface area (Å²) in [5, 5.41) is 0.925. The van der Waals surface area contributed by atoms with Gasteiger partial charge in [-0.1, -0.05) is 6.92 Å². The first-order valence-corrected chi connectivity index (χ1v) is 4.82. The number of aromatic nitrogens is 1.